The molecule has 0 heterocycles. The van der Waals surface area contributed by atoms with Crippen molar-refractivity contribution in [3.05, 3.63) is 57.1 Å². The fourth-order valence-corrected chi connectivity index (χ4v) is 2.31. The Morgan fingerprint density at radius 1 is 1.26 bits per heavy atom. The second-order valence-electron chi connectivity index (χ2n) is 5.41. The second-order valence-corrected chi connectivity index (χ2v) is 5.84. The van der Waals surface area contributed by atoms with Gasteiger partial charge >= 0.3 is 5.97 Å². The van der Waals surface area contributed by atoms with Crippen LogP contribution in [0.1, 0.15) is 17.3 Å². The zero-order valence-electron chi connectivity index (χ0n) is 14.4. The Morgan fingerprint density at radius 2 is 1.96 bits per heavy atom. The standard InChI is InChI=1S/C17H16ClN3O6/c1-9(27-17(23)12-5-3-10(18)7-13(12)19)16(22)20-14-6-4-11(26-2)8-15(14)21(24)25/h3-9H,19H2,1-2H3,(H,20,22)/t9-/m0/s1. The Hall–Kier alpha value is -3.33. The van der Waals surface area contributed by atoms with Crippen LogP contribution in [0, 0.1) is 10.1 Å². The summed E-state index contributed by atoms with van der Waals surface area (Å²) < 4.78 is 9.99. The zero-order chi connectivity index (χ0) is 20.1. The van der Waals surface area contributed by atoms with Crippen molar-refractivity contribution < 1.29 is 24.0 Å². The Balaban J connectivity index is 2.12. The Kier molecular flexibility index (Phi) is 6.19. The fourth-order valence-electron chi connectivity index (χ4n) is 2.13. The summed E-state index contributed by atoms with van der Waals surface area (Å²) in [6.07, 6.45) is -1.23. The lowest BCUT2D eigenvalue weighted by molar-refractivity contribution is -0.384. The molecule has 0 aromatic heterocycles. The largest absolute Gasteiger partial charge is 0.496 e. The van der Waals surface area contributed by atoms with E-state index in [2.05, 4.69) is 5.32 Å². The van der Waals surface area contributed by atoms with Crippen molar-refractivity contribution in [1.29, 1.82) is 0 Å². The number of benzene rings is 2. The number of nitrogens with one attached hydrogen (secondary N) is 1. The van der Waals surface area contributed by atoms with Crippen LogP contribution in [0.15, 0.2) is 36.4 Å². The molecule has 0 radical (unpaired) electrons. The van der Waals surface area contributed by atoms with E-state index >= 15 is 0 Å². The number of nitro benzene ring substituents is 1. The molecule has 1 amide bonds. The van der Waals surface area contributed by atoms with Crippen LogP contribution in [-0.2, 0) is 9.53 Å². The molecule has 2 aromatic carbocycles. The highest BCUT2D eigenvalue weighted by Crippen LogP contribution is 2.29. The first kappa shape index (κ1) is 20.0. The van der Waals surface area contributed by atoms with Crippen LogP contribution in [0.3, 0.4) is 0 Å². The number of hydrogen-bond donors (Lipinski definition) is 2. The third kappa shape index (κ3) is 4.85. The van der Waals surface area contributed by atoms with E-state index in [9.17, 15) is 19.7 Å². The first-order valence-corrected chi connectivity index (χ1v) is 8.00. The monoisotopic (exact) mass is 393 g/mol. The molecule has 0 aliphatic rings. The Morgan fingerprint density at radius 3 is 2.56 bits per heavy atom. The number of carbonyl (C=O) groups excluding carboxylic acids is 2. The third-order valence-electron chi connectivity index (χ3n) is 3.55. The molecule has 2 aromatic rings. The molecule has 0 aliphatic carbocycles. The number of carbonyl (C=O) groups is 2. The van der Waals surface area contributed by atoms with Gasteiger partial charge in [-0.3, -0.25) is 14.9 Å². The van der Waals surface area contributed by atoms with Crippen molar-refractivity contribution in [2.45, 2.75) is 13.0 Å². The molecule has 0 unspecified atom stereocenters. The second kappa shape index (κ2) is 8.37. The number of nitrogens with two attached hydrogens (primary N) is 1. The molecule has 9 nitrogen and oxygen atoms in total. The summed E-state index contributed by atoms with van der Waals surface area (Å²) >= 11 is 5.77. The average molecular weight is 394 g/mol. The fraction of sp³-hybridized carbons (Fsp3) is 0.176. The van der Waals surface area contributed by atoms with Crippen molar-refractivity contribution >= 4 is 40.5 Å². The van der Waals surface area contributed by atoms with Gasteiger partial charge in [0.25, 0.3) is 11.6 Å². The molecule has 0 saturated carbocycles. The van der Waals surface area contributed by atoms with Gasteiger partial charge in [-0.1, -0.05) is 11.6 Å². The lowest BCUT2D eigenvalue weighted by Crippen LogP contribution is -2.30. The van der Waals surface area contributed by atoms with Gasteiger partial charge in [-0.25, -0.2) is 4.79 Å². The van der Waals surface area contributed by atoms with Gasteiger partial charge in [0.15, 0.2) is 6.10 Å². The maximum atomic E-state index is 12.3. The zero-order valence-corrected chi connectivity index (χ0v) is 15.1. The van der Waals surface area contributed by atoms with E-state index in [-0.39, 0.29) is 28.4 Å². The lowest BCUT2D eigenvalue weighted by atomic mass is 10.2. The highest BCUT2D eigenvalue weighted by atomic mass is 35.5. The van der Waals surface area contributed by atoms with Gasteiger partial charge in [-0.05, 0) is 37.3 Å². The van der Waals surface area contributed by atoms with Crippen LogP contribution in [0.5, 0.6) is 5.75 Å². The van der Waals surface area contributed by atoms with Gasteiger partial charge in [-0.15, -0.1) is 0 Å². The predicted molar refractivity (Wildman–Crippen MR) is 99.0 cm³/mol. The number of hydrogen-bond acceptors (Lipinski definition) is 7. The normalized spacial score (nSPS) is 11.4. The highest BCUT2D eigenvalue weighted by molar-refractivity contribution is 6.31. The first-order valence-electron chi connectivity index (χ1n) is 7.62. The minimum absolute atomic E-state index is 0.0504. The molecule has 27 heavy (non-hydrogen) atoms. The van der Waals surface area contributed by atoms with Gasteiger partial charge in [0.2, 0.25) is 0 Å². The van der Waals surface area contributed by atoms with Gasteiger partial charge in [-0.2, -0.15) is 0 Å². The van der Waals surface area contributed by atoms with Crippen molar-refractivity contribution in [2.75, 3.05) is 18.2 Å². The molecule has 0 aliphatic heterocycles. The van der Waals surface area contributed by atoms with Crippen LogP contribution < -0.4 is 15.8 Å². The van der Waals surface area contributed by atoms with Crippen molar-refractivity contribution in [3.63, 3.8) is 0 Å². The molecule has 10 heteroatoms. The first-order chi connectivity index (χ1) is 12.7. The quantitative estimate of drug-likeness (QED) is 0.333. The molecule has 0 spiro atoms. The summed E-state index contributed by atoms with van der Waals surface area (Å²) in [6.45, 7) is 1.33. The van der Waals surface area contributed by atoms with Gasteiger partial charge < -0.3 is 20.5 Å². The Bertz CT molecular complexity index is 902. The number of anilines is 2. The number of nitrogen functional groups attached to an aromatic ring is 1. The summed E-state index contributed by atoms with van der Waals surface area (Å²) in [5.41, 5.74) is 5.44. The van der Waals surface area contributed by atoms with Gasteiger partial charge in [0.1, 0.15) is 11.4 Å². The number of nitro groups is 1. The molecule has 1 atom stereocenters. The van der Waals surface area contributed by atoms with Crippen molar-refractivity contribution in [2.24, 2.45) is 0 Å². The molecular weight excluding hydrogens is 378 g/mol. The van der Waals surface area contributed by atoms with Crippen molar-refractivity contribution in [3.8, 4) is 5.75 Å². The summed E-state index contributed by atoms with van der Waals surface area (Å²) in [5.74, 6) is -1.31. The summed E-state index contributed by atoms with van der Waals surface area (Å²) in [6, 6.07) is 8.15. The number of nitrogens with zero attached hydrogens (tertiary/aromatic N) is 1. The van der Waals surface area contributed by atoms with E-state index in [4.69, 9.17) is 26.8 Å². The molecule has 142 valence electrons. The van der Waals surface area contributed by atoms with Crippen LogP contribution in [0.25, 0.3) is 0 Å². The molecule has 0 fully saturated rings. The molecule has 0 saturated heterocycles. The van der Waals surface area contributed by atoms with Crippen LogP contribution in [0.2, 0.25) is 5.02 Å². The molecule has 2 rings (SSSR count). The Labute approximate surface area is 159 Å². The minimum atomic E-state index is -1.23. The van der Waals surface area contributed by atoms with E-state index in [0.29, 0.717) is 5.02 Å². The van der Waals surface area contributed by atoms with E-state index in [0.717, 1.165) is 0 Å². The maximum absolute atomic E-state index is 12.3. The number of ether oxygens (including phenoxy) is 2. The van der Waals surface area contributed by atoms with Crippen LogP contribution in [0.4, 0.5) is 17.1 Å². The topological polar surface area (TPSA) is 134 Å². The number of methoxy groups -OCH3 is 1. The number of halogens is 1. The van der Waals surface area contributed by atoms with E-state index < -0.39 is 22.9 Å². The average Bonchev–Trinajstić information content (AvgIpc) is 2.61. The maximum Gasteiger partial charge on any atom is 0.341 e. The molecule has 3 N–H and O–H groups in total. The molecule has 0 bridgehead atoms. The van der Waals surface area contributed by atoms with Gasteiger partial charge in [0.05, 0.1) is 23.7 Å². The minimum Gasteiger partial charge on any atom is -0.496 e. The van der Waals surface area contributed by atoms with E-state index in [1.54, 1.807) is 0 Å². The smallest absolute Gasteiger partial charge is 0.341 e. The summed E-state index contributed by atoms with van der Waals surface area (Å²) in [7, 11) is 1.36. The number of amides is 1. The van der Waals surface area contributed by atoms with Crippen molar-refractivity contribution in [1.82, 2.24) is 0 Å². The summed E-state index contributed by atoms with van der Waals surface area (Å²) in [4.78, 5) is 34.9. The number of rotatable bonds is 6. The SMILES string of the molecule is COc1ccc(NC(=O)[C@H](C)OC(=O)c2ccc(Cl)cc2N)c([N+](=O)[O-])c1. The van der Waals surface area contributed by atoms with Crippen LogP contribution >= 0.6 is 11.6 Å². The third-order valence-corrected chi connectivity index (χ3v) is 3.78. The van der Waals surface area contributed by atoms with Gasteiger partial charge in [0, 0.05) is 10.7 Å². The van der Waals surface area contributed by atoms with Crippen LogP contribution in [-0.4, -0.2) is 30.0 Å². The van der Waals surface area contributed by atoms with E-state index in [1.807, 2.05) is 0 Å². The highest BCUT2D eigenvalue weighted by Gasteiger charge is 2.23. The lowest BCUT2D eigenvalue weighted by Gasteiger charge is -2.14. The molecular formula is C17H16ClN3O6. The number of esters is 1. The van der Waals surface area contributed by atoms with E-state index in [1.165, 1.54) is 50.4 Å². The summed E-state index contributed by atoms with van der Waals surface area (Å²) in [5, 5.41) is 13.9. The predicted octanol–water partition coefficient (Wildman–Crippen LogP) is 3.02.